The fourth-order valence-electron chi connectivity index (χ4n) is 1.67. The van der Waals surface area contributed by atoms with Crippen LogP contribution in [0.2, 0.25) is 0 Å². The fraction of sp³-hybridized carbons (Fsp3) is 0.615. The minimum absolute atomic E-state index is 0.000340. The number of rotatable bonds is 8. The molecule has 0 aliphatic rings. The zero-order valence-electron chi connectivity index (χ0n) is 10.5. The fourth-order valence-corrected chi connectivity index (χ4v) is 1.67. The number of hydrogen-bond acceptors (Lipinski definition) is 3. The molecular formula is C13H21NO3. The van der Waals surface area contributed by atoms with Crippen LogP contribution in [0.4, 0.5) is 0 Å². The molecule has 1 heterocycles. The van der Waals surface area contributed by atoms with E-state index in [2.05, 4.69) is 12.2 Å². The van der Waals surface area contributed by atoms with Gasteiger partial charge in [0.1, 0.15) is 5.76 Å². The van der Waals surface area contributed by atoms with Crippen molar-refractivity contribution < 1.29 is 14.3 Å². The van der Waals surface area contributed by atoms with E-state index in [0.717, 1.165) is 13.0 Å². The van der Waals surface area contributed by atoms with Crippen molar-refractivity contribution in [1.82, 2.24) is 5.32 Å². The van der Waals surface area contributed by atoms with Crippen LogP contribution in [0.1, 0.15) is 61.9 Å². The Hall–Kier alpha value is -1.29. The topological polar surface area (TPSA) is 62.5 Å². The lowest BCUT2D eigenvalue weighted by atomic mass is 10.2. The van der Waals surface area contributed by atoms with Gasteiger partial charge in [0.15, 0.2) is 0 Å². The highest BCUT2D eigenvalue weighted by Crippen LogP contribution is 2.16. The summed E-state index contributed by atoms with van der Waals surface area (Å²) in [5, 5.41) is 12.1. The van der Waals surface area contributed by atoms with Gasteiger partial charge in [-0.1, -0.05) is 26.2 Å². The van der Waals surface area contributed by atoms with Crippen molar-refractivity contribution in [2.45, 2.75) is 45.6 Å². The third-order valence-corrected chi connectivity index (χ3v) is 2.75. The highest BCUT2D eigenvalue weighted by Gasteiger charge is 2.13. The van der Waals surface area contributed by atoms with Crippen molar-refractivity contribution in [3.8, 4) is 0 Å². The van der Waals surface area contributed by atoms with E-state index in [9.17, 15) is 4.79 Å². The van der Waals surface area contributed by atoms with E-state index in [0.29, 0.717) is 5.76 Å². The van der Waals surface area contributed by atoms with Gasteiger partial charge in [0.2, 0.25) is 5.76 Å². The molecule has 0 saturated carbocycles. The maximum atomic E-state index is 10.7. The van der Waals surface area contributed by atoms with E-state index in [1.807, 2.05) is 6.92 Å². The van der Waals surface area contributed by atoms with Crippen LogP contribution in [0.5, 0.6) is 0 Å². The largest absolute Gasteiger partial charge is 0.475 e. The van der Waals surface area contributed by atoms with Crippen LogP contribution in [0, 0.1) is 0 Å². The summed E-state index contributed by atoms with van der Waals surface area (Å²) in [5.74, 6) is -0.344. The van der Waals surface area contributed by atoms with Crippen molar-refractivity contribution in [2.75, 3.05) is 6.54 Å². The molecule has 0 radical (unpaired) electrons. The first-order valence-corrected chi connectivity index (χ1v) is 6.21. The predicted octanol–water partition coefficient (Wildman–Crippen LogP) is 3.21. The molecule has 0 saturated heterocycles. The van der Waals surface area contributed by atoms with Crippen LogP contribution in [0.15, 0.2) is 16.5 Å². The Morgan fingerprint density at radius 2 is 2.18 bits per heavy atom. The zero-order valence-corrected chi connectivity index (χ0v) is 10.5. The van der Waals surface area contributed by atoms with E-state index in [4.69, 9.17) is 9.52 Å². The standard InChI is InChI=1S/C13H21NO3/c1-3-4-5-6-9-14-10(2)11-7-8-12(17-11)13(15)16/h7-8,10,14H,3-6,9H2,1-2H3,(H,15,16). The molecule has 0 aliphatic heterocycles. The third kappa shape index (κ3) is 4.61. The molecule has 1 unspecified atom stereocenters. The maximum absolute atomic E-state index is 10.7. The molecule has 0 aliphatic carbocycles. The summed E-state index contributed by atoms with van der Waals surface area (Å²) in [5.41, 5.74) is 0. The van der Waals surface area contributed by atoms with Gasteiger partial charge in [0.25, 0.3) is 0 Å². The molecule has 1 rings (SSSR count). The van der Waals surface area contributed by atoms with E-state index < -0.39 is 5.97 Å². The van der Waals surface area contributed by atoms with Gasteiger partial charge < -0.3 is 14.8 Å². The lowest BCUT2D eigenvalue weighted by Gasteiger charge is -2.10. The summed E-state index contributed by atoms with van der Waals surface area (Å²) >= 11 is 0. The number of hydrogen-bond donors (Lipinski definition) is 2. The smallest absolute Gasteiger partial charge is 0.371 e. The summed E-state index contributed by atoms with van der Waals surface area (Å²) in [7, 11) is 0. The SMILES string of the molecule is CCCCCCNC(C)c1ccc(C(=O)O)o1. The molecule has 0 bridgehead atoms. The first kappa shape index (κ1) is 13.8. The Kier molecular flexibility index (Phi) is 5.77. The number of unbranched alkanes of at least 4 members (excludes halogenated alkanes) is 3. The second-order valence-electron chi connectivity index (χ2n) is 4.24. The van der Waals surface area contributed by atoms with Crippen molar-refractivity contribution in [3.63, 3.8) is 0 Å². The van der Waals surface area contributed by atoms with Gasteiger partial charge in [0, 0.05) is 0 Å². The second-order valence-corrected chi connectivity index (χ2v) is 4.24. The molecule has 0 aromatic carbocycles. The molecule has 0 fully saturated rings. The van der Waals surface area contributed by atoms with Gasteiger partial charge in [-0.2, -0.15) is 0 Å². The van der Waals surface area contributed by atoms with E-state index in [1.165, 1.54) is 25.3 Å². The van der Waals surface area contributed by atoms with E-state index >= 15 is 0 Å². The van der Waals surface area contributed by atoms with Crippen molar-refractivity contribution in [2.24, 2.45) is 0 Å². The van der Waals surface area contributed by atoms with Gasteiger partial charge in [-0.05, 0) is 32.0 Å². The molecule has 0 amide bonds. The highest BCUT2D eigenvalue weighted by atomic mass is 16.4. The van der Waals surface area contributed by atoms with Gasteiger partial charge in [-0.25, -0.2) is 4.79 Å². The molecule has 1 aromatic rings. The molecule has 96 valence electrons. The summed E-state index contributed by atoms with van der Waals surface area (Å²) in [6, 6.07) is 3.27. The number of carboxylic acid groups (broad SMARTS) is 1. The number of furan rings is 1. The molecule has 0 spiro atoms. The minimum atomic E-state index is -1.02. The van der Waals surface area contributed by atoms with Crippen LogP contribution in [-0.2, 0) is 0 Å². The van der Waals surface area contributed by atoms with Gasteiger partial charge in [0.05, 0.1) is 6.04 Å². The monoisotopic (exact) mass is 239 g/mol. The highest BCUT2D eigenvalue weighted by molar-refractivity contribution is 5.84. The first-order chi connectivity index (χ1) is 8.15. The maximum Gasteiger partial charge on any atom is 0.371 e. The quantitative estimate of drug-likeness (QED) is 0.684. The van der Waals surface area contributed by atoms with Crippen LogP contribution < -0.4 is 5.32 Å². The first-order valence-electron chi connectivity index (χ1n) is 6.21. The number of aromatic carboxylic acids is 1. The Bertz CT molecular complexity index is 346. The van der Waals surface area contributed by atoms with Gasteiger partial charge in [-0.3, -0.25) is 0 Å². The summed E-state index contributed by atoms with van der Waals surface area (Å²) in [4.78, 5) is 10.7. The average Bonchev–Trinajstić information content (AvgIpc) is 2.78. The lowest BCUT2D eigenvalue weighted by molar-refractivity contribution is 0.0659. The molecule has 1 atom stereocenters. The van der Waals surface area contributed by atoms with Gasteiger partial charge in [-0.15, -0.1) is 0 Å². The summed E-state index contributed by atoms with van der Waals surface area (Å²) in [6.07, 6.45) is 4.87. The van der Waals surface area contributed by atoms with E-state index in [1.54, 1.807) is 6.07 Å². The lowest BCUT2D eigenvalue weighted by Crippen LogP contribution is -2.19. The Balaban J connectivity index is 2.31. The van der Waals surface area contributed by atoms with Crippen LogP contribution in [-0.4, -0.2) is 17.6 Å². The number of carboxylic acids is 1. The van der Waals surface area contributed by atoms with E-state index in [-0.39, 0.29) is 11.8 Å². The van der Waals surface area contributed by atoms with Crippen LogP contribution >= 0.6 is 0 Å². The Morgan fingerprint density at radius 3 is 2.76 bits per heavy atom. The average molecular weight is 239 g/mol. The Morgan fingerprint density at radius 1 is 1.41 bits per heavy atom. The van der Waals surface area contributed by atoms with Crippen LogP contribution in [0.3, 0.4) is 0 Å². The van der Waals surface area contributed by atoms with Crippen molar-refractivity contribution in [3.05, 3.63) is 23.7 Å². The molecule has 2 N–H and O–H groups in total. The summed E-state index contributed by atoms with van der Waals surface area (Å²) < 4.78 is 5.22. The number of nitrogens with one attached hydrogen (secondary N) is 1. The number of carbonyl (C=O) groups is 1. The predicted molar refractivity (Wildman–Crippen MR) is 66.2 cm³/mol. The van der Waals surface area contributed by atoms with Crippen molar-refractivity contribution in [1.29, 1.82) is 0 Å². The normalized spacial score (nSPS) is 12.6. The molecular weight excluding hydrogens is 218 g/mol. The van der Waals surface area contributed by atoms with Crippen molar-refractivity contribution >= 4 is 5.97 Å². The van der Waals surface area contributed by atoms with Gasteiger partial charge >= 0.3 is 5.97 Å². The summed E-state index contributed by atoms with van der Waals surface area (Å²) in [6.45, 7) is 5.10. The Labute approximate surface area is 102 Å². The second kappa shape index (κ2) is 7.12. The zero-order chi connectivity index (χ0) is 12.7. The molecule has 17 heavy (non-hydrogen) atoms. The third-order valence-electron chi connectivity index (χ3n) is 2.75. The minimum Gasteiger partial charge on any atom is -0.475 e. The molecule has 4 nitrogen and oxygen atoms in total. The molecule has 4 heteroatoms. The molecule has 1 aromatic heterocycles. The van der Waals surface area contributed by atoms with Crippen LogP contribution in [0.25, 0.3) is 0 Å².